The number of halogens is 1. The lowest BCUT2D eigenvalue weighted by molar-refractivity contribution is 0.382. The van der Waals surface area contributed by atoms with E-state index in [-0.39, 0.29) is 24.0 Å². The van der Waals surface area contributed by atoms with Crippen LogP contribution in [0.4, 0.5) is 0 Å². The van der Waals surface area contributed by atoms with E-state index < -0.39 is 0 Å². The van der Waals surface area contributed by atoms with Crippen molar-refractivity contribution in [3.63, 3.8) is 0 Å². The Morgan fingerprint density at radius 2 is 2.08 bits per heavy atom. The second-order valence-electron chi connectivity index (χ2n) is 5.56. The van der Waals surface area contributed by atoms with Gasteiger partial charge in [0.15, 0.2) is 5.96 Å². The average molecular weight is 490 g/mol. The van der Waals surface area contributed by atoms with Crippen molar-refractivity contribution in [1.82, 2.24) is 15.2 Å². The topological polar surface area (TPSA) is 59.0 Å². The number of rotatable bonds is 7. The molecule has 0 unspecified atom stereocenters. The summed E-state index contributed by atoms with van der Waals surface area (Å²) < 4.78 is 10.7. The molecule has 0 aliphatic carbocycles. The molecule has 0 aliphatic heterocycles. The maximum absolute atomic E-state index is 5.49. The highest BCUT2D eigenvalue weighted by molar-refractivity contribution is 14.0. The Morgan fingerprint density at radius 3 is 2.65 bits per heavy atom. The number of hydrogen-bond donors (Lipinski definition) is 1. The van der Waals surface area contributed by atoms with Gasteiger partial charge in [0.1, 0.15) is 11.5 Å². The second kappa shape index (κ2) is 11.2. The summed E-state index contributed by atoms with van der Waals surface area (Å²) in [7, 11) is 5.34. The standard InChI is InChI=1S/C18H26N4O2S.HI/c1-6-19-18(20-10-17-13(2)21-12-25-17)22(3)11-14-7-8-15(23-4)9-16(14)24-5;/h7-9,12H,6,10-11H2,1-5H3,(H,19,20);1H. The summed E-state index contributed by atoms with van der Waals surface area (Å²) in [5, 5.41) is 3.34. The van der Waals surface area contributed by atoms with Crippen molar-refractivity contribution in [1.29, 1.82) is 0 Å². The minimum absolute atomic E-state index is 0. The van der Waals surface area contributed by atoms with Gasteiger partial charge in [-0.25, -0.2) is 9.98 Å². The second-order valence-corrected chi connectivity index (χ2v) is 6.50. The van der Waals surface area contributed by atoms with Crippen molar-refractivity contribution >= 4 is 41.3 Å². The third kappa shape index (κ3) is 6.01. The van der Waals surface area contributed by atoms with Gasteiger partial charge in [0.25, 0.3) is 0 Å². The number of aliphatic imine (C=N–C) groups is 1. The molecule has 144 valence electrons. The molecule has 2 rings (SSSR count). The Morgan fingerprint density at radius 1 is 1.31 bits per heavy atom. The van der Waals surface area contributed by atoms with Crippen molar-refractivity contribution in [3.8, 4) is 11.5 Å². The fraction of sp³-hybridized carbons (Fsp3) is 0.444. The third-order valence-electron chi connectivity index (χ3n) is 3.82. The molecule has 0 amide bonds. The Kier molecular flexibility index (Phi) is 9.71. The van der Waals surface area contributed by atoms with Crippen LogP contribution in [-0.4, -0.2) is 43.7 Å². The zero-order chi connectivity index (χ0) is 18.2. The molecular weight excluding hydrogens is 463 g/mol. The number of methoxy groups -OCH3 is 2. The van der Waals surface area contributed by atoms with Gasteiger partial charge in [-0.3, -0.25) is 0 Å². The molecule has 0 saturated heterocycles. The molecule has 0 atom stereocenters. The molecule has 6 nitrogen and oxygen atoms in total. The lowest BCUT2D eigenvalue weighted by Gasteiger charge is -2.23. The predicted octanol–water partition coefficient (Wildman–Crippen LogP) is 3.68. The molecule has 1 aromatic carbocycles. The van der Waals surface area contributed by atoms with Gasteiger partial charge in [-0.15, -0.1) is 35.3 Å². The van der Waals surface area contributed by atoms with Gasteiger partial charge in [0.2, 0.25) is 0 Å². The summed E-state index contributed by atoms with van der Waals surface area (Å²) in [6, 6.07) is 5.86. The normalized spacial score (nSPS) is 10.9. The first-order valence-electron chi connectivity index (χ1n) is 8.18. The smallest absolute Gasteiger partial charge is 0.194 e. The Bertz CT molecular complexity index is 721. The number of benzene rings is 1. The Labute approximate surface area is 176 Å². The van der Waals surface area contributed by atoms with E-state index in [1.165, 1.54) is 4.88 Å². The lowest BCUT2D eigenvalue weighted by atomic mass is 10.2. The van der Waals surface area contributed by atoms with E-state index in [1.807, 2.05) is 37.7 Å². The highest BCUT2D eigenvalue weighted by atomic mass is 127. The SMILES string of the molecule is CCNC(=NCc1scnc1C)N(C)Cc1ccc(OC)cc1OC.I. The van der Waals surface area contributed by atoms with Crippen molar-refractivity contribution in [2.75, 3.05) is 27.8 Å². The summed E-state index contributed by atoms with van der Waals surface area (Å²) in [4.78, 5) is 12.3. The van der Waals surface area contributed by atoms with Gasteiger partial charge < -0.3 is 19.7 Å². The van der Waals surface area contributed by atoms with Crippen molar-refractivity contribution < 1.29 is 9.47 Å². The molecule has 0 bridgehead atoms. The molecule has 8 heteroatoms. The van der Waals surface area contributed by atoms with Crippen molar-refractivity contribution in [3.05, 3.63) is 39.8 Å². The number of nitrogens with zero attached hydrogens (tertiary/aromatic N) is 3. The lowest BCUT2D eigenvalue weighted by Crippen LogP contribution is -2.38. The zero-order valence-electron chi connectivity index (χ0n) is 15.9. The highest BCUT2D eigenvalue weighted by Crippen LogP contribution is 2.25. The fourth-order valence-corrected chi connectivity index (χ4v) is 3.11. The first-order valence-corrected chi connectivity index (χ1v) is 9.06. The van der Waals surface area contributed by atoms with Crippen LogP contribution in [0.2, 0.25) is 0 Å². The highest BCUT2D eigenvalue weighted by Gasteiger charge is 2.12. The number of hydrogen-bond acceptors (Lipinski definition) is 5. The van der Waals surface area contributed by atoms with Crippen LogP contribution in [0.5, 0.6) is 11.5 Å². The summed E-state index contributed by atoms with van der Waals surface area (Å²) in [6.07, 6.45) is 0. The summed E-state index contributed by atoms with van der Waals surface area (Å²) in [5.74, 6) is 2.44. The minimum Gasteiger partial charge on any atom is -0.497 e. The predicted molar refractivity (Wildman–Crippen MR) is 118 cm³/mol. The van der Waals surface area contributed by atoms with Gasteiger partial charge >= 0.3 is 0 Å². The third-order valence-corrected chi connectivity index (χ3v) is 4.74. The number of aromatic nitrogens is 1. The number of thiazole rings is 1. The van der Waals surface area contributed by atoms with Gasteiger partial charge in [0.05, 0.1) is 32.0 Å². The van der Waals surface area contributed by atoms with Gasteiger partial charge in [-0.05, 0) is 26.0 Å². The van der Waals surface area contributed by atoms with E-state index in [2.05, 4.69) is 22.1 Å². The largest absolute Gasteiger partial charge is 0.497 e. The zero-order valence-corrected chi connectivity index (χ0v) is 19.1. The number of guanidine groups is 1. The minimum atomic E-state index is 0. The van der Waals surface area contributed by atoms with E-state index in [4.69, 9.17) is 14.5 Å². The maximum Gasteiger partial charge on any atom is 0.194 e. The molecule has 0 saturated carbocycles. The Balaban J connectivity index is 0.00000338. The molecule has 0 radical (unpaired) electrons. The number of aryl methyl sites for hydroxylation is 1. The monoisotopic (exact) mass is 490 g/mol. The van der Waals surface area contributed by atoms with E-state index >= 15 is 0 Å². The molecule has 2 aromatic rings. The number of ether oxygens (including phenoxy) is 2. The molecule has 1 N–H and O–H groups in total. The van der Waals surface area contributed by atoms with Gasteiger partial charge in [-0.2, -0.15) is 0 Å². The molecule has 0 fully saturated rings. The quantitative estimate of drug-likeness (QED) is 0.365. The molecular formula is C18H27IN4O2S. The van der Waals surface area contributed by atoms with Crippen LogP contribution in [0, 0.1) is 6.92 Å². The van der Waals surface area contributed by atoms with Crippen LogP contribution < -0.4 is 14.8 Å². The van der Waals surface area contributed by atoms with Crippen LogP contribution in [0.3, 0.4) is 0 Å². The fourth-order valence-electron chi connectivity index (χ4n) is 2.41. The van der Waals surface area contributed by atoms with Crippen molar-refractivity contribution in [2.45, 2.75) is 26.9 Å². The number of nitrogens with one attached hydrogen (secondary N) is 1. The van der Waals surface area contributed by atoms with Crippen LogP contribution >= 0.6 is 35.3 Å². The summed E-state index contributed by atoms with van der Waals surface area (Å²) in [6.45, 7) is 6.20. The van der Waals surface area contributed by atoms with Crippen LogP contribution in [0.1, 0.15) is 23.1 Å². The first-order chi connectivity index (χ1) is 12.1. The van der Waals surface area contributed by atoms with E-state index in [0.717, 1.165) is 35.3 Å². The van der Waals surface area contributed by atoms with E-state index in [0.29, 0.717) is 13.1 Å². The van der Waals surface area contributed by atoms with E-state index in [1.54, 1.807) is 25.6 Å². The molecule has 26 heavy (non-hydrogen) atoms. The molecule has 0 spiro atoms. The summed E-state index contributed by atoms with van der Waals surface area (Å²) in [5.41, 5.74) is 3.98. The summed E-state index contributed by atoms with van der Waals surface area (Å²) >= 11 is 1.64. The maximum atomic E-state index is 5.49. The first kappa shape index (κ1) is 22.5. The van der Waals surface area contributed by atoms with Gasteiger partial charge in [0, 0.05) is 36.6 Å². The average Bonchev–Trinajstić information content (AvgIpc) is 3.03. The van der Waals surface area contributed by atoms with Gasteiger partial charge in [-0.1, -0.05) is 0 Å². The van der Waals surface area contributed by atoms with Crippen LogP contribution in [0.25, 0.3) is 0 Å². The van der Waals surface area contributed by atoms with E-state index in [9.17, 15) is 0 Å². The molecule has 1 heterocycles. The molecule has 0 aliphatic rings. The van der Waals surface area contributed by atoms with Crippen molar-refractivity contribution in [2.24, 2.45) is 4.99 Å². The van der Waals surface area contributed by atoms with Crippen LogP contribution in [0.15, 0.2) is 28.7 Å². The Hall–Kier alpha value is -1.55. The molecule has 1 aromatic heterocycles. The van der Waals surface area contributed by atoms with Crippen LogP contribution in [-0.2, 0) is 13.1 Å².